The minimum absolute atomic E-state index is 0.134. The van der Waals surface area contributed by atoms with Gasteiger partial charge in [-0.1, -0.05) is 24.3 Å². The topological polar surface area (TPSA) is 103 Å². The summed E-state index contributed by atoms with van der Waals surface area (Å²) in [5.41, 5.74) is 4.45. The molecular formula is C26H25N3O5. The van der Waals surface area contributed by atoms with Crippen molar-refractivity contribution in [2.75, 3.05) is 26.1 Å². The predicted molar refractivity (Wildman–Crippen MR) is 129 cm³/mol. The Bertz CT molecular complexity index is 1330. The first-order chi connectivity index (χ1) is 16.5. The number of ether oxygens (including phenoxy) is 3. The average Bonchev–Trinajstić information content (AvgIpc) is 3.28. The molecule has 8 heteroatoms. The number of amides is 1. The summed E-state index contributed by atoms with van der Waals surface area (Å²) in [4.78, 5) is 24.5. The Morgan fingerprint density at radius 1 is 0.912 bits per heavy atom. The molecule has 34 heavy (non-hydrogen) atoms. The lowest BCUT2D eigenvalue weighted by Crippen LogP contribution is -2.14. The van der Waals surface area contributed by atoms with Crippen LogP contribution in [0.25, 0.3) is 22.0 Å². The molecule has 0 unspecified atom stereocenters. The molecule has 0 radical (unpaired) electrons. The Kier molecular flexibility index (Phi) is 6.77. The number of nitrogens with one attached hydrogen (secondary N) is 2. The van der Waals surface area contributed by atoms with E-state index >= 15 is 0 Å². The van der Waals surface area contributed by atoms with Gasteiger partial charge in [0.2, 0.25) is 5.91 Å². The first-order valence-electron chi connectivity index (χ1n) is 10.8. The Morgan fingerprint density at radius 2 is 1.65 bits per heavy atom. The van der Waals surface area contributed by atoms with E-state index in [4.69, 9.17) is 14.2 Å². The number of nitrogens with zero attached hydrogens (tertiary/aromatic N) is 1. The van der Waals surface area contributed by atoms with Crippen LogP contribution in [0.15, 0.2) is 60.7 Å². The van der Waals surface area contributed by atoms with E-state index in [9.17, 15) is 9.59 Å². The largest absolute Gasteiger partial charge is 0.493 e. The van der Waals surface area contributed by atoms with Gasteiger partial charge in [-0.2, -0.15) is 5.10 Å². The summed E-state index contributed by atoms with van der Waals surface area (Å²) >= 11 is 0. The molecule has 1 aromatic heterocycles. The van der Waals surface area contributed by atoms with Crippen LogP contribution in [-0.4, -0.2) is 42.9 Å². The number of hydrogen-bond acceptors (Lipinski definition) is 6. The highest BCUT2D eigenvalue weighted by molar-refractivity contribution is 6.02. The van der Waals surface area contributed by atoms with E-state index in [-0.39, 0.29) is 18.0 Å². The first-order valence-corrected chi connectivity index (χ1v) is 10.8. The van der Waals surface area contributed by atoms with Crippen molar-refractivity contribution < 1.29 is 23.8 Å². The van der Waals surface area contributed by atoms with Crippen molar-refractivity contribution in [1.82, 2.24) is 10.2 Å². The second-order valence-corrected chi connectivity index (χ2v) is 7.54. The molecule has 4 rings (SSSR count). The van der Waals surface area contributed by atoms with Gasteiger partial charge in [-0.3, -0.25) is 9.89 Å². The monoisotopic (exact) mass is 459 g/mol. The molecule has 0 fully saturated rings. The number of anilines is 1. The smallest absolute Gasteiger partial charge is 0.359 e. The molecule has 4 aromatic rings. The van der Waals surface area contributed by atoms with Gasteiger partial charge in [0.05, 0.1) is 32.8 Å². The number of esters is 1. The molecule has 0 aliphatic rings. The van der Waals surface area contributed by atoms with Gasteiger partial charge in [0.15, 0.2) is 17.2 Å². The number of carbonyl (C=O) groups excluding carboxylic acids is 2. The first kappa shape index (κ1) is 22.8. The quantitative estimate of drug-likeness (QED) is 0.373. The van der Waals surface area contributed by atoms with Crippen molar-refractivity contribution in [3.05, 3.63) is 71.9 Å². The molecule has 0 atom stereocenters. The highest BCUT2D eigenvalue weighted by Gasteiger charge is 2.15. The lowest BCUT2D eigenvalue weighted by Gasteiger charge is -2.10. The van der Waals surface area contributed by atoms with Crippen molar-refractivity contribution in [2.24, 2.45) is 0 Å². The van der Waals surface area contributed by atoms with Crippen LogP contribution in [0.1, 0.15) is 23.0 Å². The summed E-state index contributed by atoms with van der Waals surface area (Å²) in [5.74, 6) is 0.619. The lowest BCUT2D eigenvalue weighted by molar-refractivity contribution is -0.115. The third kappa shape index (κ3) is 4.85. The molecule has 0 spiro atoms. The van der Waals surface area contributed by atoms with Crippen molar-refractivity contribution >= 4 is 28.5 Å². The fourth-order valence-corrected chi connectivity index (χ4v) is 3.68. The number of carbonyl (C=O) groups is 2. The van der Waals surface area contributed by atoms with Crippen molar-refractivity contribution in [1.29, 1.82) is 0 Å². The zero-order chi connectivity index (χ0) is 24.1. The van der Waals surface area contributed by atoms with Crippen LogP contribution in [-0.2, 0) is 16.0 Å². The summed E-state index contributed by atoms with van der Waals surface area (Å²) in [6.45, 7) is 2.05. The summed E-state index contributed by atoms with van der Waals surface area (Å²) in [6.07, 6.45) is 0.210. The number of methoxy groups -OCH3 is 2. The Morgan fingerprint density at radius 3 is 2.35 bits per heavy atom. The molecular weight excluding hydrogens is 434 g/mol. The maximum Gasteiger partial charge on any atom is 0.359 e. The molecule has 2 N–H and O–H groups in total. The normalized spacial score (nSPS) is 10.7. The molecule has 1 amide bonds. The summed E-state index contributed by atoms with van der Waals surface area (Å²) in [5, 5.41) is 10.6. The van der Waals surface area contributed by atoms with Crippen LogP contribution in [0, 0.1) is 0 Å². The molecule has 0 saturated heterocycles. The second kappa shape index (κ2) is 10.1. The number of hydrogen-bond donors (Lipinski definition) is 2. The number of aromatic amines is 1. The molecule has 0 saturated carbocycles. The lowest BCUT2D eigenvalue weighted by atomic mass is 10.0. The van der Waals surface area contributed by atoms with E-state index in [2.05, 4.69) is 15.5 Å². The summed E-state index contributed by atoms with van der Waals surface area (Å²) in [7, 11) is 3.13. The third-order valence-electron chi connectivity index (χ3n) is 5.35. The summed E-state index contributed by atoms with van der Waals surface area (Å²) in [6, 6.07) is 18.7. The van der Waals surface area contributed by atoms with E-state index in [1.807, 2.05) is 48.5 Å². The highest BCUT2D eigenvalue weighted by Crippen LogP contribution is 2.28. The zero-order valence-electron chi connectivity index (χ0n) is 19.2. The van der Waals surface area contributed by atoms with Crippen molar-refractivity contribution in [3.8, 4) is 22.6 Å². The van der Waals surface area contributed by atoms with Gasteiger partial charge in [-0.05, 0) is 60.0 Å². The number of aromatic nitrogens is 2. The van der Waals surface area contributed by atoms with Crippen molar-refractivity contribution in [2.45, 2.75) is 13.3 Å². The minimum Gasteiger partial charge on any atom is -0.493 e. The molecule has 3 aromatic carbocycles. The van der Waals surface area contributed by atoms with Gasteiger partial charge in [0.25, 0.3) is 0 Å². The SMILES string of the molecule is CCOC(=O)c1n[nH]c2cc(-c3ccc(NC(=O)Cc4ccc(OC)c(OC)c4)cc3)ccc12. The highest BCUT2D eigenvalue weighted by atomic mass is 16.5. The molecule has 0 aliphatic heterocycles. The maximum absolute atomic E-state index is 12.5. The fraction of sp³-hybridized carbons (Fsp3) is 0.192. The maximum atomic E-state index is 12.5. The zero-order valence-corrected chi connectivity index (χ0v) is 19.2. The van der Waals surface area contributed by atoms with E-state index < -0.39 is 5.97 Å². The van der Waals surface area contributed by atoms with Gasteiger partial charge in [-0.25, -0.2) is 4.79 Å². The van der Waals surface area contributed by atoms with Crippen LogP contribution in [0.5, 0.6) is 11.5 Å². The van der Waals surface area contributed by atoms with Gasteiger partial charge in [0, 0.05) is 11.1 Å². The molecule has 174 valence electrons. The van der Waals surface area contributed by atoms with Crippen LogP contribution in [0.2, 0.25) is 0 Å². The predicted octanol–water partition coefficient (Wildman–Crippen LogP) is 4.61. The Hall–Kier alpha value is -4.33. The Balaban J connectivity index is 1.44. The third-order valence-corrected chi connectivity index (χ3v) is 5.35. The average molecular weight is 460 g/mol. The number of benzene rings is 3. The number of H-pyrrole nitrogens is 1. The standard InChI is InChI=1S/C26H25N3O5/c1-4-34-26(31)25-20-11-8-18(15-21(20)28-29-25)17-6-9-19(10-7-17)27-24(30)14-16-5-12-22(32-2)23(13-16)33-3/h5-13,15H,4,14H2,1-3H3,(H,27,30)(H,28,29). The molecule has 0 bridgehead atoms. The van der Waals surface area contributed by atoms with Gasteiger partial charge in [0.1, 0.15) is 0 Å². The molecule has 1 heterocycles. The number of rotatable bonds is 8. The Labute approximate surface area is 196 Å². The summed E-state index contributed by atoms with van der Waals surface area (Å²) < 4.78 is 15.6. The van der Waals surface area contributed by atoms with Gasteiger partial charge >= 0.3 is 5.97 Å². The molecule has 0 aliphatic carbocycles. The second-order valence-electron chi connectivity index (χ2n) is 7.54. The van der Waals surface area contributed by atoms with E-state index in [1.165, 1.54) is 0 Å². The van der Waals surface area contributed by atoms with Crippen LogP contribution < -0.4 is 14.8 Å². The van der Waals surface area contributed by atoms with E-state index in [0.29, 0.717) is 29.2 Å². The fourth-order valence-electron chi connectivity index (χ4n) is 3.68. The van der Waals surface area contributed by atoms with E-state index in [1.54, 1.807) is 33.3 Å². The van der Waals surface area contributed by atoms with Gasteiger partial charge in [-0.15, -0.1) is 0 Å². The van der Waals surface area contributed by atoms with Crippen LogP contribution in [0.4, 0.5) is 5.69 Å². The van der Waals surface area contributed by atoms with Crippen LogP contribution >= 0.6 is 0 Å². The van der Waals surface area contributed by atoms with Gasteiger partial charge < -0.3 is 19.5 Å². The minimum atomic E-state index is -0.449. The number of fused-ring (bicyclic) bond motifs is 1. The van der Waals surface area contributed by atoms with Crippen LogP contribution in [0.3, 0.4) is 0 Å². The molecule has 8 nitrogen and oxygen atoms in total. The van der Waals surface area contributed by atoms with E-state index in [0.717, 1.165) is 22.2 Å². The van der Waals surface area contributed by atoms with Crippen molar-refractivity contribution in [3.63, 3.8) is 0 Å².